The number of rotatable bonds is 5. The molecule has 4 aromatic carbocycles. The number of nitrogens with zero attached hydrogens (tertiary/aromatic N) is 5. The predicted octanol–water partition coefficient (Wildman–Crippen LogP) is 5.13. The van der Waals surface area contributed by atoms with E-state index in [9.17, 15) is 19.6 Å². The molecule has 6 aliphatic heterocycles. The number of primary amides is 1. The standard InChI is InChI=1S/C24H19N3O5.C24H17N3O4/c25-22(28)17-6-3-4-14(26-17)12-27-18-7-2-1-5-15(18)24(23(27)29)13-32-19-11-21-20(10-16(19)24)30-8-9-31-21;25-12-15-4-3-5-16(26-15)13-27-19-7-2-1-6-17(19)24(23(27)28)14-31-20-11-22-21(10-18(20)24)29-8-9-30-22/h1-7,10-11H,8-9,12-13H2,(H2,25,28);1-7,10-11H,8-9,13-14H2. The third kappa shape index (κ3) is 5.82. The van der Waals surface area contributed by atoms with Crippen LogP contribution in [0.4, 0.5) is 11.4 Å². The van der Waals surface area contributed by atoms with Gasteiger partial charge in [-0.2, -0.15) is 5.26 Å². The van der Waals surface area contributed by atoms with E-state index < -0.39 is 16.7 Å². The van der Waals surface area contributed by atoms with Crippen LogP contribution in [0.25, 0.3) is 0 Å². The number of pyridine rings is 2. The van der Waals surface area contributed by atoms with Gasteiger partial charge in [0.25, 0.3) is 5.91 Å². The first-order valence-corrected chi connectivity index (χ1v) is 20.4. The predicted molar refractivity (Wildman–Crippen MR) is 224 cm³/mol. The van der Waals surface area contributed by atoms with Crippen molar-refractivity contribution in [3.8, 4) is 40.6 Å². The number of benzene rings is 4. The number of anilines is 2. The zero-order chi connectivity index (χ0) is 42.9. The van der Waals surface area contributed by atoms with E-state index in [0.717, 1.165) is 33.6 Å². The lowest BCUT2D eigenvalue weighted by Crippen LogP contribution is -2.42. The molecule has 2 unspecified atom stereocenters. The second-order valence-corrected chi connectivity index (χ2v) is 15.7. The molecule has 63 heavy (non-hydrogen) atoms. The number of para-hydroxylation sites is 2. The van der Waals surface area contributed by atoms with E-state index in [0.29, 0.717) is 78.0 Å². The fourth-order valence-electron chi connectivity index (χ4n) is 9.40. The van der Waals surface area contributed by atoms with Crippen LogP contribution < -0.4 is 44.0 Å². The van der Waals surface area contributed by atoms with Crippen molar-refractivity contribution >= 4 is 29.1 Å². The van der Waals surface area contributed by atoms with Gasteiger partial charge in [-0.25, -0.2) is 9.97 Å². The van der Waals surface area contributed by atoms with Crippen LogP contribution in [0.15, 0.2) is 109 Å². The summed E-state index contributed by atoms with van der Waals surface area (Å²) in [5, 5.41) is 9.17. The number of amides is 3. The lowest BCUT2D eigenvalue weighted by Gasteiger charge is -2.24. The highest BCUT2D eigenvalue weighted by Crippen LogP contribution is 2.56. The van der Waals surface area contributed by atoms with Crippen LogP contribution in [0.1, 0.15) is 49.8 Å². The Morgan fingerprint density at radius 3 is 1.52 bits per heavy atom. The molecule has 15 heteroatoms. The first-order valence-electron chi connectivity index (χ1n) is 20.4. The molecule has 15 nitrogen and oxygen atoms in total. The van der Waals surface area contributed by atoms with Gasteiger partial charge in [0.05, 0.1) is 24.5 Å². The zero-order valence-corrected chi connectivity index (χ0v) is 33.5. The molecule has 2 aromatic heterocycles. The van der Waals surface area contributed by atoms with Gasteiger partial charge in [0.1, 0.15) is 79.4 Å². The Balaban J connectivity index is 0.000000141. The van der Waals surface area contributed by atoms with Crippen LogP contribution in [0.5, 0.6) is 34.5 Å². The molecule has 0 bridgehead atoms. The second-order valence-electron chi connectivity index (χ2n) is 15.7. The summed E-state index contributed by atoms with van der Waals surface area (Å²) in [4.78, 5) is 51.6. The van der Waals surface area contributed by atoms with Crippen LogP contribution in [0.2, 0.25) is 0 Å². The number of hydrogen-bond acceptors (Lipinski definition) is 12. The average Bonchev–Trinajstić information content (AvgIpc) is 4.02. The molecule has 6 aliphatic rings. The van der Waals surface area contributed by atoms with Crippen LogP contribution in [0.3, 0.4) is 0 Å². The van der Waals surface area contributed by atoms with Gasteiger partial charge in [-0.15, -0.1) is 0 Å². The van der Waals surface area contributed by atoms with E-state index in [1.165, 1.54) is 0 Å². The van der Waals surface area contributed by atoms with Gasteiger partial charge in [-0.05, 0) is 59.7 Å². The molecule has 12 rings (SSSR count). The minimum absolute atomic E-state index is 0.0757. The molecule has 0 saturated carbocycles. The highest BCUT2D eigenvalue weighted by molar-refractivity contribution is 6.12. The normalized spacial score (nSPS) is 20.2. The minimum Gasteiger partial charge on any atom is -0.491 e. The van der Waals surface area contributed by atoms with Gasteiger partial charge in [0, 0.05) is 34.6 Å². The van der Waals surface area contributed by atoms with Crippen molar-refractivity contribution in [2.45, 2.75) is 23.9 Å². The quantitative estimate of drug-likeness (QED) is 0.242. The molecule has 0 radical (unpaired) electrons. The topological polar surface area (TPSA) is 189 Å². The number of hydrogen-bond donors (Lipinski definition) is 1. The number of carbonyl (C=O) groups is 3. The highest BCUT2D eigenvalue weighted by Gasteiger charge is 2.58. The first-order chi connectivity index (χ1) is 30.8. The summed E-state index contributed by atoms with van der Waals surface area (Å²) < 4.78 is 35.0. The van der Waals surface area contributed by atoms with E-state index in [-0.39, 0.29) is 43.8 Å². The first kappa shape index (κ1) is 37.8. The third-order valence-corrected chi connectivity index (χ3v) is 12.2. The van der Waals surface area contributed by atoms with Crippen molar-refractivity contribution in [1.29, 1.82) is 5.26 Å². The van der Waals surface area contributed by atoms with Gasteiger partial charge in [0.2, 0.25) is 11.8 Å². The van der Waals surface area contributed by atoms with Gasteiger partial charge < -0.3 is 44.0 Å². The van der Waals surface area contributed by atoms with Crippen LogP contribution in [-0.2, 0) is 33.5 Å². The minimum atomic E-state index is -0.983. The average molecular weight is 841 g/mol. The Bertz CT molecular complexity index is 2970. The summed E-state index contributed by atoms with van der Waals surface area (Å²) >= 11 is 0. The van der Waals surface area contributed by atoms with Gasteiger partial charge in [0.15, 0.2) is 23.0 Å². The maximum atomic E-state index is 14.0. The van der Waals surface area contributed by atoms with Crippen LogP contribution >= 0.6 is 0 Å². The SMILES string of the molecule is N#Cc1cccc(CN2C(=O)C3(COc4cc5c(cc43)OCCO5)c3ccccc32)n1.NC(=O)c1cccc(CN2C(=O)C3(COc4cc5c(cc43)OCCO5)c3ccccc32)n1. The highest BCUT2D eigenvalue weighted by atomic mass is 16.6. The van der Waals surface area contributed by atoms with Crippen molar-refractivity contribution < 1.29 is 42.8 Å². The molecule has 6 aromatic rings. The van der Waals surface area contributed by atoms with Crippen LogP contribution in [0, 0.1) is 11.3 Å². The molecule has 3 amide bonds. The van der Waals surface area contributed by atoms with E-state index in [2.05, 4.69) is 16.0 Å². The summed E-state index contributed by atoms with van der Waals surface area (Å²) in [6.07, 6.45) is 0. The molecule has 8 heterocycles. The second kappa shape index (κ2) is 14.5. The monoisotopic (exact) mass is 840 g/mol. The lowest BCUT2D eigenvalue weighted by atomic mass is 9.77. The van der Waals surface area contributed by atoms with Crippen molar-refractivity contribution in [2.75, 3.05) is 49.4 Å². The van der Waals surface area contributed by atoms with E-state index >= 15 is 0 Å². The summed E-state index contributed by atoms with van der Waals surface area (Å²) in [5.74, 6) is 2.95. The Labute approximate surface area is 360 Å². The lowest BCUT2D eigenvalue weighted by molar-refractivity contribution is -0.123. The summed E-state index contributed by atoms with van der Waals surface area (Å²) in [6, 6.07) is 35.1. The molecule has 2 spiro atoms. The zero-order valence-electron chi connectivity index (χ0n) is 33.5. The summed E-state index contributed by atoms with van der Waals surface area (Å²) in [6.45, 7) is 2.77. The molecule has 2 N–H and O–H groups in total. The maximum absolute atomic E-state index is 14.0. The molecule has 2 atom stereocenters. The molecule has 312 valence electrons. The fourth-order valence-corrected chi connectivity index (χ4v) is 9.40. The number of carbonyl (C=O) groups excluding carboxylic acids is 3. The van der Waals surface area contributed by atoms with Gasteiger partial charge >= 0.3 is 0 Å². The Hall–Kier alpha value is -8.12. The molecule has 0 fully saturated rings. The van der Waals surface area contributed by atoms with Gasteiger partial charge in [-0.3, -0.25) is 14.4 Å². The maximum Gasteiger partial charge on any atom is 0.267 e. The Morgan fingerprint density at radius 2 is 1.03 bits per heavy atom. The van der Waals surface area contributed by atoms with Gasteiger partial charge in [-0.1, -0.05) is 48.5 Å². The summed E-state index contributed by atoms with van der Waals surface area (Å²) in [5.41, 5.74) is 10.1. The number of aromatic nitrogens is 2. The largest absolute Gasteiger partial charge is 0.491 e. The molecular weight excluding hydrogens is 805 g/mol. The fraction of sp³-hybridized carbons (Fsp3) is 0.208. The van der Waals surface area contributed by atoms with E-state index in [4.69, 9.17) is 34.2 Å². The smallest absolute Gasteiger partial charge is 0.267 e. The molecule has 0 aliphatic carbocycles. The van der Waals surface area contributed by atoms with Crippen LogP contribution in [-0.4, -0.2) is 67.3 Å². The van der Waals surface area contributed by atoms with E-state index in [1.54, 1.807) is 46.2 Å². The third-order valence-electron chi connectivity index (χ3n) is 12.2. The number of nitriles is 1. The molecule has 0 saturated heterocycles. The summed E-state index contributed by atoms with van der Waals surface area (Å²) in [7, 11) is 0. The van der Waals surface area contributed by atoms with Crippen molar-refractivity contribution in [2.24, 2.45) is 5.73 Å². The molecular formula is C48H36N6O9. The van der Waals surface area contributed by atoms with E-state index in [1.807, 2.05) is 72.8 Å². The Kier molecular flexibility index (Phi) is 8.72. The number of nitrogens with two attached hydrogens (primary N) is 1. The Morgan fingerprint density at radius 1 is 0.571 bits per heavy atom. The van der Waals surface area contributed by atoms with Crippen molar-refractivity contribution in [1.82, 2.24) is 9.97 Å². The van der Waals surface area contributed by atoms with Crippen molar-refractivity contribution in [3.63, 3.8) is 0 Å². The number of fused-ring (bicyclic) bond motifs is 10. The number of ether oxygens (including phenoxy) is 6. The van der Waals surface area contributed by atoms with Crippen molar-refractivity contribution in [3.05, 3.63) is 154 Å².